The second-order valence-electron chi connectivity index (χ2n) is 6.05. The normalized spacial score (nSPS) is 17.5. The second-order valence-corrected chi connectivity index (χ2v) is 6.46. The number of benzene rings is 1. The van der Waals surface area contributed by atoms with Crippen LogP contribution in [0, 0.1) is 5.92 Å². The Hall–Kier alpha value is -1.79. The first kappa shape index (κ1) is 19.5. The Balaban J connectivity index is 1.94. The van der Waals surface area contributed by atoms with Crippen molar-refractivity contribution < 1.29 is 19.1 Å². The molecule has 1 aromatic carbocycles. The van der Waals surface area contributed by atoms with E-state index < -0.39 is 0 Å². The van der Waals surface area contributed by atoms with E-state index in [2.05, 4.69) is 5.32 Å². The Labute approximate surface area is 153 Å². The smallest absolute Gasteiger partial charge is 0.229 e. The molecule has 2 rings (SSSR count). The molecule has 1 N–H and O–H groups in total. The molecule has 0 bridgehead atoms. The van der Waals surface area contributed by atoms with Crippen molar-refractivity contribution in [3.63, 3.8) is 0 Å². The molecular weight excluding hydrogens is 344 g/mol. The summed E-state index contributed by atoms with van der Waals surface area (Å²) in [5, 5.41) is 3.34. The Bertz CT molecular complexity index is 609. The molecule has 1 aromatic rings. The average Bonchev–Trinajstić information content (AvgIpc) is 2.60. The van der Waals surface area contributed by atoms with E-state index in [9.17, 15) is 9.59 Å². The molecule has 0 spiro atoms. The molecule has 2 amide bonds. The predicted octanol–water partition coefficient (Wildman–Crippen LogP) is 2.95. The molecule has 7 heteroatoms. The summed E-state index contributed by atoms with van der Waals surface area (Å²) < 4.78 is 10.5. The van der Waals surface area contributed by atoms with E-state index in [1.165, 1.54) is 0 Å². The maximum atomic E-state index is 12.5. The molecule has 1 saturated heterocycles. The van der Waals surface area contributed by atoms with Gasteiger partial charge in [0.2, 0.25) is 11.8 Å². The van der Waals surface area contributed by atoms with Crippen LogP contribution in [0.5, 0.6) is 5.75 Å². The van der Waals surface area contributed by atoms with Gasteiger partial charge < -0.3 is 19.7 Å². The minimum atomic E-state index is -0.232. The number of carbonyl (C=O) groups is 2. The van der Waals surface area contributed by atoms with Gasteiger partial charge in [0, 0.05) is 32.3 Å². The number of methoxy groups -OCH3 is 1. The summed E-state index contributed by atoms with van der Waals surface area (Å²) in [6.45, 7) is 4.01. The van der Waals surface area contributed by atoms with Crippen LogP contribution in [-0.2, 0) is 14.3 Å². The van der Waals surface area contributed by atoms with Gasteiger partial charge in [-0.25, -0.2) is 0 Å². The summed E-state index contributed by atoms with van der Waals surface area (Å²) >= 11 is 6.19. The molecule has 1 aliphatic rings. The molecule has 6 nitrogen and oxygen atoms in total. The summed E-state index contributed by atoms with van der Waals surface area (Å²) in [5.41, 5.74) is 0.624. The van der Waals surface area contributed by atoms with E-state index in [-0.39, 0.29) is 17.7 Å². The lowest BCUT2D eigenvalue weighted by Crippen LogP contribution is -2.45. The zero-order valence-corrected chi connectivity index (χ0v) is 15.5. The van der Waals surface area contributed by atoms with E-state index >= 15 is 0 Å². The molecule has 138 valence electrons. The zero-order valence-electron chi connectivity index (χ0n) is 14.7. The molecule has 1 aliphatic heterocycles. The van der Waals surface area contributed by atoms with Crippen molar-refractivity contribution in [3.8, 4) is 5.75 Å². The van der Waals surface area contributed by atoms with Gasteiger partial charge >= 0.3 is 0 Å². The molecule has 1 unspecified atom stereocenters. The lowest BCUT2D eigenvalue weighted by atomic mass is 9.96. The quantitative estimate of drug-likeness (QED) is 0.766. The van der Waals surface area contributed by atoms with Crippen LogP contribution < -0.4 is 10.1 Å². The Morgan fingerprint density at radius 1 is 1.40 bits per heavy atom. The van der Waals surface area contributed by atoms with Gasteiger partial charge in [-0.1, -0.05) is 18.5 Å². The first-order chi connectivity index (χ1) is 12.0. The number of halogens is 1. The highest BCUT2D eigenvalue weighted by molar-refractivity contribution is 6.32. The molecule has 0 aliphatic carbocycles. The van der Waals surface area contributed by atoms with Crippen molar-refractivity contribution in [1.82, 2.24) is 4.90 Å². The number of anilines is 1. The fourth-order valence-corrected chi connectivity index (χ4v) is 2.93. The Kier molecular flexibility index (Phi) is 7.52. The fraction of sp³-hybridized carbons (Fsp3) is 0.556. The number of carbonyl (C=O) groups excluding carboxylic acids is 2. The largest absolute Gasteiger partial charge is 0.492 e. The number of hydrogen-bond acceptors (Lipinski definition) is 4. The van der Waals surface area contributed by atoms with Crippen molar-refractivity contribution in [3.05, 3.63) is 23.2 Å². The molecule has 0 radical (unpaired) electrons. The first-order valence-corrected chi connectivity index (χ1v) is 8.92. The van der Waals surface area contributed by atoms with Gasteiger partial charge in [0.15, 0.2) is 0 Å². The molecular formula is C18H25ClN2O4. The molecule has 1 fully saturated rings. The number of piperidine rings is 1. The van der Waals surface area contributed by atoms with E-state index in [0.717, 1.165) is 6.42 Å². The molecule has 1 atom stereocenters. The van der Waals surface area contributed by atoms with Crippen LogP contribution >= 0.6 is 11.6 Å². The lowest BCUT2D eigenvalue weighted by molar-refractivity contribution is -0.137. The number of ether oxygens (including phenoxy) is 2. The number of amides is 2. The minimum absolute atomic E-state index is 0.0709. The topological polar surface area (TPSA) is 67.9 Å². The number of nitrogens with one attached hydrogen (secondary N) is 1. The molecule has 0 saturated carbocycles. The van der Waals surface area contributed by atoms with Gasteiger partial charge in [-0.2, -0.15) is 0 Å². The predicted molar refractivity (Wildman–Crippen MR) is 97.0 cm³/mol. The highest BCUT2D eigenvalue weighted by Crippen LogP contribution is 2.28. The first-order valence-electron chi connectivity index (χ1n) is 8.55. The number of likely N-dealkylation sites (tertiary alicyclic amines) is 1. The Morgan fingerprint density at radius 3 is 2.88 bits per heavy atom. The third-order valence-corrected chi connectivity index (χ3v) is 4.39. The summed E-state index contributed by atoms with van der Waals surface area (Å²) in [4.78, 5) is 26.1. The van der Waals surface area contributed by atoms with E-state index in [0.29, 0.717) is 55.6 Å². The van der Waals surface area contributed by atoms with Crippen molar-refractivity contribution in [2.75, 3.05) is 38.7 Å². The van der Waals surface area contributed by atoms with E-state index in [4.69, 9.17) is 21.1 Å². The fourth-order valence-electron chi connectivity index (χ4n) is 2.70. The maximum Gasteiger partial charge on any atom is 0.229 e. The molecule has 1 heterocycles. The van der Waals surface area contributed by atoms with Gasteiger partial charge in [-0.3, -0.25) is 9.59 Å². The number of nitrogens with zero attached hydrogens (tertiary/aromatic N) is 1. The van der Waals surface area contributed by atoms with Crippen LogP contribution in [-0.4, -0.2) is 50.1 Å². The number of hydrogen-bond donors (Lipinski definition) is 1. The zero-order chi connectivity index (χ0) is 18.2. The monoisotopic (exact) mass is 368 g/mol. The summed E-state index contributed by atoms with van der Waals surface area (Å²) in [5.74, 6) is 0.342. The third kappa shape index (κ3) is 5.61. The molecule has 0 aromatic heterocycles. The van der Waals surface area contributed by atoms with Crippen molar-refractivity contribution >= 4 is 29.1 Å². The van der Waals surface area contributed by atoms with Crippen LogP contribution in [0.15, 0.2) is 18.2 Å². The number of rotatable bonds is 8. The molecule has 25 heavy (non-hydrogen) atoms. The highest BCUT2D eigenvalue weighted by atomic mass is 35.5. The van der Waals surface area contributed by atoms with Crippen molar-refractivity contribution in [2.24, 2.45) is 5.92 Å². The Morgan fingerprint density at radius 2 is 2.20 bits per heavy atom. The summed E-state index contributed by atoms with van der Waals surface area (Å²) in [6, 6.07) is 5.20. The van der Waals surface area contributed by atoms with Gasteiger partial charge in [-0.05, 0) is 31.0 Å². The maximum absolute atomic E-state index is 12.5. The van der Waals surface area contributed by atoms with E-state index in [1.807, 2.05) is 6.92 Å². The lowest BCUT2D eigenvalue weighted by Gasteiger charge is -2.31. The minimum Gasteiger partial charge on any atom is -0.492 e. The SMILES string of the molecule is CCCOc1ccc(NC(=O)C2CCC(=O)N(CCOC)C2)cc1Cl. The van der Waals surface area contributed by atoms with Crippen molar-refractivity contribution in [1.29, 1.82) is 0 Å². The van der Waals surface area contributed by atoms with Crippen LogP contribution in [0.4, 0.5) is 5.69 Å². The van der Waals surface area contributed by atoms with Crippen LogP contribution in [0.1, 0.15) is 26.2 Å². The van der Waals surface area contributed by atoms with Crippen LogP contribution in [0.25, 0.3) is 0 Å². The van der Waals surface area contributed by atoms with Crippen molar-refractivity contribution in [2.45, 2.75) is 26.2 Å². The van der Waals surface area contributed by atoms with Gasteiger partial charge in [0.05, 0.1) is 24.2 Å². The third-order valence-electron chi connectivity index (χ3n) is 4.10. The van der Waals surface area contributed by atoms with Gasteiger partial charge in [0.25, 0.3) is 0 Å². The van der Waals surface area contributed by atoms with Crippen LogP contribution in [0.2, 0.25) is 5.02 Å². The second kappa shape index (κ2) is 9.63. The average molecular weight is 369 g/mol. The van der Waals surface area contributed by atoms with Gasteiger partial charge in [0.1, 0.15) is 5.75 Å². The highest BCUT2D eigenvalue weighted by Gasteiger charge is 2.30. The summed E-state index contributed by atoms with van der Waals surface area (Å²) in [6.07, 6.45) is 1.83. The van der Waals surface area contributed by atoms with Crippen LogP contribution in [0.3, 0.4) is 0 Å². The van der Waals surface area contributed by atoms with E-state index in [1.54, 1.807) is 30.2 Å². The summed E-state index contributed by atoms with van der Waals surface area (Å²) in [7, 11) is 1.59. The van der Waals surface area contributed by atoms with Gasteiger partial charge in [-0.15, -0.1) is 0 Å². The standard InChI is InChI=1S/C18H25ClN2O4/c1-3-9-25-16-6-5-14(11-15(16)19)20-18(23)13-4-7-17(22)21(12-13)8-10-24-2/h5-6,11,13H,3-4,7-10,12H2,1-2H3,(H,20,23).